The second-order valence-electron chi connectivity index (χ2n) is 8.08. The normalized spacial score (nSPS) is 19.2. The van der Waals surface area contributed by atoms with Crippen LogP contribution in [0.5, 0.6) is 0 Å². The Morgan fingerprint density at radius 1 is 1.09 bits per heavy atom. The average Bonchev–Trinajstić information content (AvgIpc) is 3.39. The molecule has 5 rings (SSSR count). The highest BCUT2D eigenvalue weighted by molar-refractivity contribution is 5.89. The lowest BCUT2D eigenvalue weighted by Gasteiger charge is -2.23. The number of hydrogen-bond acceptors (Lipinski definition) is 9. The number of carbonyl (C=O) groups is 1. The number of hydrogen-bond donors (Lipinski definition) is 2. The zero-order chi connectivity index (χ0) is 24.8. The Morgan fingerprint density at radius 2 is 1.86 bits per heavy atom. The number of halogens is 2. The van der Waals surface area contributed by atoms with Crippen molar-refractivity contribution in [1.29, 1.82) is 0 Å². The number of likely N-dealkylation sites (N-methyl/N-ethyl adjacent to an activating group) is 1. The lowest BCUT2D eigenvalue weighted by molar-refractivity contribution is -0.174. The van der Waals surface area contributed by atoms with Crippen LogP contribution in [0.25, 0.3) is 17.2 Å². The SMILES string of the molecule is Cc1cc(Nc2nccc(-c3cccc(-n4cc(C5(O)C(=O)N(C)CC5(F)F)nn4)n3)n2)ccn1. The van der Waals surface area contributed by atoms with E-state index in [0.717, 1.165) is 27.2 Å². The molecular formula is C22H19F2N9O2. The number of alkyl halides is 2. The van der Waals surface area contributed by atoms with Gasteiger partial charge in [0.05, 0.1) is 24.1 Å². The van der Waals surface area contributed by atoms with Crippen LogP contribution in [0.2, 0.25) is 0 Å². The molecule has 0 spiro atoms. The van der Waals surface area contributed by atoms with Crippen LogP contribution in [-0.2, 0) is 10.4 Å². The fraction of sp³-hybridized carbons (Fsp3) is 0.227. The van der Waals surface area contributed by atoms with Gasteiger partial charge in [-0.05, 0) is 37.3 Å². The minimum atomic E-state index is -3.73. The Morgan fingerprint density at radius 3 is 2.60 bits per heavy atom. The van der Waals surface area contributed by atoms with Gasteiger partial charge in [-0.25, -0.2) is 28.4 Å². The Hall–Kier alpha value is -4.39. The van der Waals surface area contributed by atoms with Crippen molar-refractivity contribution in [3.05, 3.63) is 66.4 Å². The van der Waals surface area contributed by atoms with Gasteiger partial charge in [0, 0.05) is 30.8 Å². The minimum absolute atomic E-state index is 0.227. The molecule has 0 aromatic carbocycles. The standard InChI is InChI=1S/C22H19F2N9O2/c1-13-10-14(6-8-25-13)27-20-26-9-7-16(29-20)15-4-3-5-18(28-15)33-11-17(30-31-33)22(35)19(34)32(2)12-21(22,23)24/h3-11,35H,12H2,1-2H3,(H,25,26,27,29). The molecule has 13 heteroatoms. The van der Waals surface area contributed by atoms with Crippen LogP contribution in [0.3, 0.4) is 0 Å². The van der Waals surface area contributed by atoms with Gasteiger partial charge in [0.25, 0.3) is 11.5 Å². The molecule has 0 radical (unpaired) electrons. The van der Waals surface area contributed by atoms with Gasteiger partial charge < -0.3 is 15.3 Å². The molecule has 2 N–H and O–H groups in total. The van der Waals surface area contributed by atoms with Crippen LogP contribution in [-0.4, -0.2) is 70.4 Å². The summed E-state index contributed by atoms with van der Waals surface area (Å²) in [6, 6.07) is 10.3. The van der Waals surface area contributed by atoms with E-state index in [2.05, 4.69) is 35.6 Å². The summed E-state index contributed by atoms with van der Waals surface area (Å²) >= 11 is 0. The van der Waals surface area contributed by atoms with Crippen LogP contribution >= 0.6 is 0 Å². The molecule has 0 saturated carbocycles. The quantitative estimate of drug-likeness (QED) is 0.440. The molecule has 4 aromatic rings. The second kappa shape index (κ2) is 8.13. The first kappa shape index (κ1) is 22.4. The third-order valence-electron chi connectivity index (χ3n) is 5.53. The summed E-state index contributed by atoms with van der Waals surface area (Å²) in [6.07, 6.45) is 4.30. The van der Waals surface area contributed by atoms with E-state index >= 15 is 0 Å². The van der Waals surface area contributed by atoms with Crippen molar-refractivity contribution in [2.75, 3.05) is 18.9 Å². The van der Waals surface area contributed by atoms with Crippen molar-refractivity contribution in [1.82, 2.24) is 39.8 Å². The molecular weight excluding hydrogens is 460 g/mol. The van der Waals surface area contributed by atoms with E-state index in [0.29, 0.717) is 17.3 Å². The van der Waals surface area contributed by atoms with Gasteiger partial charge in [0.1, 0.15) is 5.69 Å². The first-order valence-electron chi connectivity index (χ1n) is 10.5. The summed E-state index contributed by atoms with van der Waals surface area (Å²) in [5, 5.41) is 21.1. The molecule has 1 amide bonds. The van der Waals surface area contributed by atoms with E-state index in [1.165, 1.54) is 7.05 Å². The second-order valence-corrected chi connectivity index (χ2v) is 8.08. The maximum Gasteiger partial charge on any atom is 0.308 e. The Labute approximate surface area is 197 Å². The van der Waals surface area contributed by atoms with Gasteiger partial charge in [-0.3, -0.25) is 9.78 Å². The maximum atomic E-state index is 14.5. The van der Waals surface area contributed by atoms with E-state index in [-0.39, 0.29) is 5.82 Å². The van der Waals surface area contributed by atoms with Crippen molar-refractivity contribution in [3.8, 4) is 17.2 Å². The van der Waals surface area contributed by atoms with E-state index < -0.39 is 29.7 Å². The van der Waals surface area contributed by atoms with E-state index in [1.807, 2.05) is 13.0 Å². The summed E-state index contributed by atoms with van der Waals surface area (Å²) in [5.41, 5.74) is -1.11. The number of amides is 1. The Kier molecular flexibility index (Phi) is 5.20. The molecule has 178 valence electrons. The number of rotatable bonds is 5. The molecule has 5 heterocycles. The van der Waals surface area contributed by atoms with E-state index in [1.54, 1.807) is 42.7 Å². The number of aromatic nitrogens is 7. The Bertz CT molecular complexity index is 1430. The van der Waals surface area contributed by atoms with Crippen LogP contribution in [0.1, 0.15) is 11.4 Å². The molecule has 1 unspecified atom stereocenters. The van der Waals surface area contributed by atoms with Crippen molar-refractivity contribution in [2.24, 2.45) is 0 Å². The lowest BCUT2D eigenvalue weighted by atomic mass is 9.95. The summed E-state index contributed by atoms with van der Waals surface area (Å²) in [6.45, 7) is 0.945. The zero-order valence-corrected chi connectivity index (χ0v) is 18.6. The van der Waals surface area contributed by atoms with Gasteiger partial charge in [0.2, 0.25) is 5.95 Å². The molecule has 1 fully saturated rings. The molecule has 0 aliphatic carbocycles. The van der Waals surface area contributed by atoms with Gasteiger partial charge >= 0.3 is 5.92 Å². The molecule has 0 bridgehead atoms. The van der Waals surface area contributed by atoms with Gasteiger partial charge in [-0.1, -0.05) is 11.3 Å². The zero-order valence-electron chi connectivity index (χ0n) is 18.6. The number of pyridine rings is 2. The third-order valence-corrected chi connectivity index (χ3v) is 5.53. The van der Waals surface area contributed by atoms with Gasteiger partial charge in [-0.15, -0.1) is 5.10 Å². The minimum Gasteiger partial charge on any atom is -0.369 e. The predicted molar refractivity (Wildman–Crippen MR) is 119 cm³/mol. The van der Waals surface area contributed by atoms with Crippen LogP contribution in [0, 0.1) is 6.92 Å². The number of likely N-dealkylation sites (tertiary alicyclic amines) is 1. The summed E-state index contributed by atoms with van der Waals surface area (Å²) in [4.78, 5) is 30.4. The van der Waals surface area contributed by atoms with Crippen LogP contribution in [0.15, 0.2) is 55.0 Å². The molecule has 4 aromatic heterocycles. The number of anilines is 2. The van der Waals surface area contributed by atoms with Crippen molar-refractivity contribution in [3.63, 3.8) is 0 Å². The molecule has 1 aliphatic rings. The predicted octanol–water partition coefficient (Wildman–Crippen LogP) is 1.86. The molecule has 1 aliphatic heterocycles. The maximum absolute atomic E-state index is 14.5. The fourth-order valence-electron chi connectivity index (χ4n) is 3.76. The monoisotopic (exact) mass is 479 g/mol. The number of aryl methyl sites for hydroxylation is 1. The lowest BCUT2D eigenvalue weighted by Crippen LogP contribution is -2.47. The van der Waals surface area contributed by atoms with Crippen molar-refractivity contribution >= 4 is 17.5 Å². The summed E-state index contributed by atoms with van der Waals surface area (Å²) < 4.78 is 30.0. The molecule has 1 atom stereocenters. The first-order valence-corrected chi connectivity index (χ1v) is 10.5. The summed E-state index contributed by atoms with van der Waals surface area (Å²) in [5.74, 6) is -4.31. The molecule has 35 heavy (non-hydrogen) atoms. The first-order chi connectivity index (χ1) is 16.7. The van der Waals surface area contributed by atoms with E-state index in [4.69, 9.17) is 0 Å². The van der Waals surface area contributed by atoms with Crippen LogP contribution < -0.4 is 5.32 Å². The highest BCUT2D eigenvalue weighted by atomic mass is 19.3. The Balaban J connectivity index is 1.44. The van der Waals surface area contributed by atoms with Crippen LogP contribution in [0.4, 0.5) is 20.4 Å². The smallest absolute Gasteiger partial charge is 0.308 e. The number of aliphatic hydroxyl groups is 1. The molecule has 1 saturated heterocycles. The summed E-state index contributed by atoms with van der Waals surface area (Å²) in [7, 11) is 1.18. The third kappa shape index (κ3) is 3.85. The topological polar surface area (TPSA) is 135 Å². The number of nitrogens with zero attached hydrogens (tertiary/aromatic N) is 8. The van der Waals surface area contributed by atoms with Crippen molar-refractivity contribution < 1.29 is 18.7 Å². The largest absolute Gasteiger partial charge is 0.369 e. The number of carbonyl (C=O) groups excluding carboxylic acids is 1. The fourth-order valence-corrected chi connectivity index (χ4v) is 3.76. The highest BCUT2D eigenvalue weighted by Gasteiger charge is 2.67. The average molecular weight is 479 g/mol. The number of nitrogens with one attached hydrogen (secondary N) is 1. The van der Waals surface area contributed by atoms with Gasteiger partial charge in [0.15, 0.2) is 5.82 Å². The highest BCUT2D eigenvalue weighted by Crippen LogP contribution is 2.43. The van der Waals surface area contributed by atoms with Crippen molar-refractivity contribution in [2.45, 2.75) is 18.4 Å². The molecule has 11 nitrogen and oxygen atoms in total. The van der Waals surface area contributed by atoms with Gasteiger partial charge in [-0.2, -0.15) is 0 Å². The van der Waals surface area contributed by atoms with E-state index in [9.17, 15) is 18.7 Å².